The zero-order valence-corrected chi connectivity index (χ0v) is 6.75. The topological polar surface area (TPSA) is 86.6 Å². The number of ketones is 1. The lowest BCUT2D eigenvalue weighted by Gasteiger charge is -1.99. The normalized spacial score (nSPS) is 9.75. The van der Waals surface area contributed by atoms with Gasteiger partial charge in [-0.05, 0) is 0 Å². The van der Waals surface area contributed by atoms with Crippen LogP contribution in [0, 0.1) is 0 Å². The molecule has 0 aliphatic carbocycles. The average molecular weight is 175 g/mol. The number of carbonyl (C=O) groups is 2. The highest BCUT2D eigenvalue weighted by molar-refractivity contribution is 5.80. The van der Waals surface area contributed by atoms with Crippen molar-refractivity contribution in [2.45, 2.75) is 12.8 Å². The molecule has 0 rings (SSSR count). The van der Waals surface area contributed by atoms with E-state index in [0.717, 1.165) is 0 Å². The maximum atomic E-state index is 10.7. The molecule has 0 aliphatic heterocycles. The van der Waals surface area contributed by atoms with Gasteiger partial charge in [-0.25, -0.2) is 0 Å². The zero-order chi connectivity index (χ0) is 9.40. The summed E-state index contributed by atoms with van der Waals surface area (Å²) >= 11 is 0. The summed E-state index contributed by atoms with van der Waals surface area (Å²) in [5, 5.41) is 19.2. The Bertz CT molecular complexity index is 157. The number of hydrogen-bond donors (Lipinski definition) is 3. The minimum absolute atomic E-state index is 0.00635. The Kier molecular flexibility index (Phi) is 6.22. The third-order valence-electron chi connectivity index (χ3n) is 1.23. The first kappa shape index (κ1) is 11.1. The molecule has 0 bridgehead atoms. The van der Waals surface area contributed by atoms with Crippen molar-refractivity contribution in [2.24, 2.45) is 0 Å². The van der Waals surface area contributed by atoms with E-state index in [9.17, 15) is 9.59 Å². The van der Waals surface area contributed by atoms with Gasteiger partial charge in [-0.1, -0.05) is 0 Å². The summed E-state index contributed by atoms with van der Waals surface area (Å²) in [6, 6.07) is 0. The van der Waals surface area contributed by atoms with Crippen molar-refractivity contribution >= 4 is 11.8 Å². The van der Waals surface area contributed by atoms with Gasteiger partial charge in [0, 0.05) is 13.0 Å². The maximum Gasteiger partial charge on any atom is 0.304 e. The fourth-order valence-corrected chi connectivity index (χ4v) is 0.636. The molecule has 0 aromatic heterocycles. The highest BCUT2D eigenvalue weighted by Gasteiger charge is 2.00. The minimum Gasteiger partial charge on any atom is -0.481 e. The second-order valence-corrected chi connectivity index (χ2v) is 2.33. The number of rotatable bonds is 7. The van der Waals surface area contributed by atoms with Crippen LogP contribution >= 0.6 is 0 Å². The van der Waals surface area contributed by atoms with Crippen LogP contribution in [-0.2, 0) is 9.59 Å². The molecular formula is C7H13NO4. The molecule has 12 heavy (non-hydrogen) atoms. The van der Waals surface area contributed by atoms with Gasteiger partial charge in [0.15, 0.2) is 0 Å². The molecular weight excluding hydrogens is 162 g/mol. The number of aliphatic hydroxyl groups is 1. The summed E-state index contributed by atoms with van der Waals surface area (Å²) in [4.78, 5) is 20.7. The van der Waals surface area contributed by atoms with Gasteiger partial charge in [0.25, 0.3) is 0 Å². The Labute approximate surface area is 70.4 Å². The predicted octanol–water partition coefficient (Wildman–Crippen LogP) is -0.998. The third kappa shape index (κ3) is 7.17. The number of aliphatic hydroxyl groups excluding tert-OH is 1. The van der Waals surface area contributed by atoms with E-state index in [1.54, 1.807) is 0 Å². The Morgan fingerprint density at radius 2 is 1.92 bits per heavy atom. The highest BCUT2D eigenvalue weighted by Crippen LogP contribution is 1.80. The molecule has 5 heteroatoms. The second kappa shape index (κ2) is 6.75. The highest BCUT2D eigenvalue weighted by atomic mass is 16.4. The van der Waals surface area contributed by atoms with Gasteiger partial charge < -0.3 is 15.5 Å². The minimum atomic E-state index is -0.892. The predicted molar refractivity (Wildman–Crippen MR) is 41.8 cm³/mol. The lowest BCUT2D eigenvalue weighted by atomic mass is 10.3. The number of carboxylic acids is 1. The second-order valence-electron chi connectivity index (χ2n) is 2.33. The van der Waals surface area contributed by atoms with Crippen molar-refractivity contribution in [3.63, 3.8) is 0 Å². The molecule has 0 amide bonds. The fourth-order valence-electron chi connectivity index (χ4n) is 0.636. The average Bonchev–Trinajstić information content (AvgIpc) is 1.98. The van der Waals surface area contributed by atoms with Crippen molar-refractivity contribution in [1.29, 1.82) is 0 Å². The van der Waals surface area contributed by atoms with Crippen LogP contribution in [0.5, 0.6) is 0 Å². The van der Waals surface area contributed by atoms with Crippen LogP contribution in [0.25, 0.3) is 0 Å². The molecule has 0 aliphatic rings. The molecule has 0 radical (unpaired) electrons. The summed E-state index contributed by atoms with van der Waals surface area (Å²) in [7, 11) is 0. The maximum absolute atomic E-state index is 10.7. The van der Waals surface area contributed by atoms with E-state index in [1.807, 2.05) is 0 Å². The molecule has 0 saturated carbocycles. The first-order valence-corrected chi connectivity index (χ1v) is 3.72. The molecule has 0 saturated heterocycles. The first-order chi connectivity index (χ1) is 5.66. The van der Waals surface area contributed by atoms with Crippen molar-refractivity contribution in [1.82, 2.24) is 5.32 Å². The van der Waals surface area contributed by atoms with Crippen molar-refractivity contribution in [3.05, 3.63) is 0 Å². The van der Waals surface area contributed by atoms with E-state index in [2.05, 4.69) is 5.32 Å². The smallest absolute Gasteiger partial charge is 0.304 e. The van der Waals surface area contributed by atoms with Gasteiger partial charge in [0.05, 0.1) is 19.6 Å². The quantitative estimate of drug-likeness (QED) is 0.432. The van der Waals surface area contributed by atoms with Crippen LogP contribution in [0.3, 0.4) is 0 Å². The van der Waals surface area contributed by atoms with Gasteiger partial charge in [-0.3, -0.25) is 9.59 Å². The molecule has 0 unspecified atom stereocenters. The standard InChI is InChI=1S/C7H13NO4/c9-4-2-6(10)5-8-3-1-7(11)12/h8-9H,1-5H2,(H,11,12). The van der Waals surface area contributed by atoms with E-state index < -0.39 is 5.97 Å². The molecule has 0 aromatic rings. The molecule has 0 aromatic carbocycles. The fraction of sp³-hybridized carbons (Fsp3) is 0.714. The largest absolute Gasteiger partial charge is 0.481 e. The summed E-state index contributed by atoms with van der Waals surface area (Å²) < 4.78 is 0. The van der Waals surface area contributed by atoms with Crippen LogP contribution in [0.1, 0.15) is 12.8 Å². The lowest BCUT2D eigenvalue weighted by Crippen LogP contribution is -2.25. The number of aliphatic carboxylic acids is 1. The van der Waals surface area contributed by atoms with Crippen molar-refractivity contribution in [3.8, 4) is 0 Å². The Morgan fingerprint density at radius 1 is 1.25 bits per heavy atom. The summed E-state index contributed by atoms with van der Waals surface area (Å²) in [5.41, 5.74) is 0. The third-order valence-corrected chi connectivity index (χ3v) is 1.23. The molecule has 5 nitrogen and oxygen atoms in total. The van der Waals surface area contributed by atoms with E-state index in [4.69, 9.17) is 10.2 Å². The van der Waals surface area contributed by atoms with Crippen molar-refractivity contribution in [2.75, 3.05) is 19.7 Å². The van der Waals surface area contributed by atoms with Gasteiger partial charge in [-0.2, -0.15) is 0 Å². The van der Waals surface area contributed by atoms with Crippen LogP contribution in [0.4, 0.5) is 0 Å². The van der Waals surface area contributed by atoms with Gasteiger partial charge >= 0.3 is 5.97 Å². The molecule has 0 atom stereocenters. The van der Waals surface area contributed by atoms with E-state index in [1.165, 1.54) is 0 Å². The van der Waals surface area contributed by atoms with Crippen LogP contribution in [0.2, 0.25) is 0 Å². The van der Waals surface area contributed by atoms with Gasteiger partial charge in [0.2, 0.25) is 0 Å². The van der Waals surface area contributed by atoms with Gasteiger partial charge in [-0.15, -0.1) is 0 Å². The Balaban J connectivity index is 3.19. The van der Waals surface area contributed by atoms with Crippen LogP contribution in [-0.4, -0.2) is 41.7 Å². The van der Waals surface area contributed by atoms with Crippen LogP contribution < -0.4 is 5.32 Å². The SMILES string of the molecule is O=C(O)CCNCC(=O)CCO. The Morgan fingerprint density at radius 3 is 2.42 bits per heavy atom. The molecule has 0 heterocycles. The lowest BCUT2D eigenvalue weighted by molar-refractivity contribution is -0.137. The number of carbonyl (C=O) groups excluding carboxylic acids is 1. The monoisotopic (exact) mass is 175 g/mol. The van der Waals surface area contributed by atoms with E-state index in [-0.39, 0.29) is 38.3 Å². The molecule has 0 fully saturated rings. The molecule has 3 N–H and O–H groups in total. The number of carboxylic acid groups (broad SMARTS) is 1. The first-order valence-electron chi connectivity index (χ1n) is 3.72. The molecule has 0 spiro atoms. The summed E-state index contributed by atoms with van der Waals surface area (Å²) in [5.74, 6) is -1.00. The van der Waals surface area contributed by atoms with Gasteiger partial charge in [0.1, 0.15) is 5.78 Å². The van der Waals surface area contributed by atoms with Crippen LogP contribution in [0.15, 0.2) is 0 Å². The van der Waals surface area contributed by atoms with E-state index in [0.29, 0.717) is 0 Å². The number of nitrogens with one attached hydrogen (secondary N) is 1. The molecule has 70 valence electrons. The Hall–Kier alpha value is -0.940. The summed E-state index contributed by atoms with van der Waals surface area (Å²) in [6.07, 6.45) is 0.131. The van der Waals surface area contributed by atoms with E-state index >= 15 is 0 Å². The number of hydrogen-bond acceptors (Lipinski definition) is 4. The van der Waals surface area contributed by atoms with Crippen molar-refractivity contribution < 1.29 is 19.8 Å². The zero-order valence-electron chi connectivity index (χ0n) is 6.75. The summed E-state index contributed by atoms with van der Waals surface area (Å²) in [6.45, 7) is 0.264. The number of Topliss-reactive ketones (excluding diaryl/α,β-unsaturated/α-hetero) is 1.